The molecule has 0 spiro atoms. The number of nitrogens with zero attached hydrogens (tertiary/aromatic N) is 3. The van der Waals surface area contributed by atoms with Crippen LogP contribution in [0.3, 0.4) is 0 Å². The molecule has 0 unspecified atom stereocenters. The van der Waals surface area contributed by atoms with Gasteiger partial charge in [0.15, 0.2) is 0 Å². The second-order valence-corrected chi connectivity index (χ2v) is 6.77. The number of aromatic carboxylic acids is 1. The molecule has 0 saturated heterocycles. The molecular formula is C22H16N3O3-. The van der Waals surface area contributed by atoms with Crippen LogP contribution in [0, 0.1) is 11.3 Å². The molecule has 0 aliphatic carbocycles. The van der Waals surface area contributed by atoms with Gasteiger partial charge in [0.05, 0.1) is 28.5 Å². The molecule has 0 radical (unpaired) electrons. The molecule has 4 rings (SSSR count). The van der Waals surface area contributed by atoms with Gasteiger partial charge in [0.1, 0.15) is 5.82 Å². The number of fused-ring (bicyclic) bond motifs is 2. The summed E-state index contributed by atoms with van der Waals surface area (Å²) in [4.78, 5) is 28.8. The van der Waals surface area contributed by atoms with E-state index >= 15 is 0 Å². The Labute approximate surface area is 161 Å². The van der Waals surface area contributed by atoms with Crippen molar-refractivity contribution in [2.24, 2.45) is 0 Å². The van der Waals surface area contributed by atoms with Gasteiger partial charge in [-0.25, -0.2) is 4.98 Å². The average Bonchev–Trinajstić information content (AvgIpc) is 2.91. The summed E-state index contributed by atoms with van der Waals surface area (Å²) in [5.41, 5.74) is 2.60. The normalized spacial score (nSPS) is 15.0. The number of hydrogen-bond acceptors (Lipinski definition) is 5. The van der Waals surface area contributed by atoms with Crippen molar-refractivity contribution in [3.8, 4) is 6.07 Å². The third-order valence-electron chi connectivity index (χ3n) is 4.94. The number of hydrogen-bond donors (Lipinski definition) is 0. The number of aromatic nitrogens is 2. The SMILES string of the molecule is N#Cc1ccc(/C=C2\CCCCn3c2nc2cc(C(=O)[O-])ccc2c3=O)cc1. The highest BCUT2D eigenvalue weighted by molar-refractivity contribution is 5.92. The highest BCUT2D eigenvalue weighted by Crippen LogP contribution is 2.27. The maximum atomic E-state index is 13.0. The lowest BCUT2D eigenvalue weighted by Gasteiger charge is -2.13. The van der Waals surface area contributed by atoms with Gasteiger partial charge in [0.2, 0.25) is 0 Å². The van der Waals surface area contributed by atoms with Gasteiger partial charge in [-0.2, -0.15) is 5.26 Å². The number of allylic oxidation sites excluding steroid dienone is 1. The van der Waals surface area contributed by atoms with E-state index < -0.39 is 5.97 Å². The second kappa shape index (κ2) is 7.12. The molecule has 1 aromatic heterocycles. The quantitative estimate of drug-likeness (QED) is 0.689. The van der Waals surface area contributed by atoms with Crippen LogP contribution in [0.1, 0.15) is 46.6 Å². The number of carboxylic acid groups (broad SMARTS) is 1. The van der Waals surface area contributed by atoms with Crippen LogP contribution in [0.4, 0.5) is 0 Å². The Kier molecular flexibility index (Phi) is 4.50. The topological polar surface area (TPSA) is 98.8 Å². The van der Waals surface area contributed by atoms with Gasteiger partial charge in [-0.15, -0.1) is 0 Å². The number of rotatable bonds is 2. The highest BCUT2D eigenvalue weighted by Gasteiger charge is 2.18. The summed E-state index contributed by atoms with van der Waals surface area (Å²) in [5.74, 6) is -0.734. The van der Waals surface area contributed by atoms with Gasteiger partial charge in [0.25, 0.3) is 5.56 Å². The fourth-order valence-electron chi connectivity index (χ4n) is 3.49. The first kappa shape index (κ1) is 17.7. The Morgan fingerprint density at radius 2 is 1.96 bits per heavy atom. The minimum absolute atomic E-state index is 0.00408. The Bertz CT molecular complexity index is 1210. The lowest BCUT2D eigenvalue weighted by Crippen LogP contribution is -2.25. The van der Waals surface area contributed by atoms with Crippen LogP contribution < -0.4 is 10.7 Å². The van der Waals surface area contributed by atoms with Crippen molar-refractivity contribution in [3.05, 3.63) is 75.3 Å². The van der Waals surface area contributed by atoms with Crippen molar-refractivity contribution in [1.29, 1.82) is 5.26 Å². The van der Waals surface area contributed by atoms with E-state index in [1.165, 1.54) is 18.2 Å². The van der Waals surface area contributed by atoms with Gasteiger partial charge in [-0.3, -0.25) is 9.36 Å². The van der Waals surface area contributed by atoms with E-state index in [4.69, 9.17) is 5.26 Å². The first-order valence-corrected chi connectivity index (χ1v) is 9.04. The number of carbonyl (C=O) groups excluding carboxylic acids is 1. The molecule has 0 bridgehead atoms. The van der Waals surface area contributed by atoms with E-state index in [1.807, 2.05) is 18.2 Å². The fraction of sp³-hybridized carbons (Fsp3) is 0.182. The molecule has 2 aromatic carbocycles. The highest BCUT2D eigenvalue weighted by atomic mass is 16.4. The monoisotopic (exact) mass is 370 g/mol. The molecule has 6 nitrogen and oxygen atoms in total. The first-order chi connectivity index (χ1) is 13.6. The van der Waals surface area contributed by atoms with Gasteiger partial charge in [0, 0.05) is 6.54 Å². The largest absolute Gasteiger partial charge is 0.545 e. The van der Waals surface area contributed by atoms with Crippen molar-refractivity contribution in [2.45, 2.75) is 25.8 Å². The zero-order valence-corrected chi connectivity index (χ0v) is 15.0. The summed E-state index contributed by atoms with van der Waals surface area (Å²) in [6, 6.07) is 13.6. The van der Waals surface area contributed by atoms with Gasteiger partial charge in [-0.05, 0) is 66.3 Å². The van der Waals surface area contributed by atoms with Crippen molar-refractivity contribution in [2.75, 3.05) is 0 Å². The third kappa shape index (κ3) is 3.19. The van der Waals surface area contributed by atoms with E-state index in [0.29, 0.717) is 28.8 Å². The number of carbonyl (C=O) groups is 1. The van der Waals surface area contributed by atoms with Crippen molar-refractivity contribution in [3.63, 3.8) is 0 Å². The van der Waals surface area contributed by atoms with E-state index in [9.17, 15) is 14.7 Å². The zero-order valence-electron chi connectivity index (χ0n) is 15.0. The van der Waals surface area contributed by atoms with Crippen LogP contribution in [0.25, 0.3) is 22.6 Å². The molecule has 28 heavy (non-hydrogen) atoms. The van der Waals surface area contributed by atoms with Crippen LogP contribution in [0.15, 0.2) is 47.3 Å². The Hall–Kier alpha value is -3.72. The van der Waals surface area contributed by atoms with Crippen LogP contribution in [-0.2, 0) is 6.54 Å². The number of benzene rings is 2. The minimum atomic E-state index is -1.30. The summed E-state index contributed by atoms with van der Waals surface area (Å²) in [7, 11) is 0. The molecule has 3 aromatic rings. The average molecular weight is 370 g/mol. The molecule has 1 aliphatic rings. The standard InChI is InChI=1S/C22H17N3O3/c23-13-15-6-4-14(5-7-15)11-16-3-1-2-10-25-20(16)24-19-12-17(22(27)28)8-9-18(19)21(25)26/h4-9,11-12H,1-3,10H2,(H,27,28)/p-1/b16-11+. The smallest absolute Gasteiger partial charge is 0.261 e. The maximum Gasteiger partial charge on any atom is 0.261 e. The molecule has 1 aliphatic heterocycles. The Morgan fingerprint density at radius 1 is 1.18 bits per heavy atom. The van der Waals surface area contributed by atoms with Gasteiger partial charge in [-0.1, -0.05) is 18.2 Å². The molecule has 0 saturated carbocycles. The number of nitriles is 1. The predicted molar refractivity (Wildman–Crippen MR) is 103 cm³/mol. The molecule has 0 amide bonds. The van der Waals surface area contributed by atoms with Crippen LogP contribution in [0.2, 0.25) is 0 Å². The predicted octanol–water partition coefficient (Wildman–Crippen LogP) is 2.36. The summed E-state index contributed by atoms with van der Waals surface area (Å²) in [5, 5.41) is 20.5. The maximum absolute atomic E-state index is 13.0. The number of carboxylic acids is 1. The van der Waals surface area contributed by atoms with Crippen molar-refractivity contribution in [1.82, 2.24) is 9.55 Å². The van der Waals surface area contributed by atoms with Gasteiger partial charge >= 0.3 is 0 Å². The molecule has 0 N–H and O–H groups in total. The summed E-state index contributed by atoms with van der Waals surface area (Å²) in [6.07, 6.45) is 4.52. The molecule has 0 atom stereocenters. The zero-order chi connectivity index (χ0) is 19.7. The van der Waals surface area contributed by atoms with E-state index in [-0.39, 0.29) is 11.1 Å². The van der Waals surface area contributed by atoms with Gasteiger partial charge < -0.3 is 9.90 Å². The van der Waals surface area contributed by atoms with E-state index in [0.717, 1.165) is 30.4 Å². The third-order valence-corrected chi connectivity index (χ3v) is 4.94. The lowest BCUT2D eigenvalue weighted by atomic mass is 10.0. The van der Waals surface area contributed by atoms with Crippen LogP contribution >= 0.6 is 0 Å². The molecule has 2 heterocycles. The minimum Gasteiger partial charge on any atom is -0.545 e. The summed E-state index contributed by atoms with van der Waals surface area (Å²) >= 11 is 0. The van der Waals surface area contributed by atoms with Crippen molar-refractivity contribution < 1.29 is 9.90 Å². The fourth-order valence-corrected chi connectivity index (χ4v) is 3.49. The Balaban J connectivity index is 1.91. The molecule has 0 fully saturated rings. The van der Waals surface area contributed by atoms with Crippen molar-refractivity contribution >= 4 is 28.5 Å². The Morgan fingerprint density at radius 3 is 2.68 bits per heavy atom. The molecular weight excluding hydrogens is 354 g/mol. The van der Waals surface area contributed by atoms with Crippen LogP contribution in [-0.4, -0.2) is 15.5 Å². The molecule has 138 valence electrons. The second-order valence-electron chi connectivity index (χ2n) is 6.77. The van der Waals surface area contributed by atoms with Crippen LogP contribution in [0.5, 0.6) is 0 Å². The van der Waals surface area contributed by atoms with E-state index in [2.05, 4.69) is 11.1 Å². The van der Waals surface area contributed by atoms with E-state index in [1.54, 1.807) is 16.7 Å². The first-order valence-electron chi connectivity index (χ1n) is 9.04. The molecule has 6 heteroatoms. The summed E-state index contributed by atoms with van der Waals surface area (Å²) < 4.78 is 1.67. The lowest BCUT2D eigenvalue weighted by molar-refractivity contribution is -0.255. The summed E-state index contributed by atoms with van der Waals surface area (Å²) in [6.45, 7) is 0.573.